The Morgan fingerprint density at radius 2 is 1.73 bits per heavy atom. The van der Waals surface area contributed by atoms with Crippen LogP contribution >= 0.6 is 11.6 Å². The Hall–Kier alpha value is -3.77. The van der Waals surface area contributed by atoms with Gasteiger partial charge in [0.05, 0.1) is 13.7 Å². The van der Waals surface area contributed by atoms with Crippen LogP contribution in [0.25, 0.3) is 0 Å². The van der Waals surface area contributed by atoms with E-state index < -0.39 is 0 Å². The highest BCUT2D eigenvalue weighted by atomic mass is 35.5. The lowest BCUT2D eigenvalue weighted by Gasteiger charge is -2.11. The van der Waals surface area contributed by atoms with Gasteiger partial charge in [-0.3, -0.25) is 9.48 Å². The van der Waals surface area contributed by atoms with Crippen molar-refractivity contribution in [1.29, 1.82) is 0 Å². The molecule has 4 rings (SSSR count). The van der Waals surface area contributed by atoms with Crippen LogP contribution in [0.5, 0.6) is 11.5 Å². The Kier molecular flexibility index (Phi) is 6.95. The number of aromatic nitrogens is 2. The molecule has 0 saturated heterocycles. The topological polar surface area (TPSA) is 65.4 Å². The minimum absolute atomic E-state index is 0.231. The number of nitrogens with one attached hydrogen (secondary N) is 1. The van der Waals surface area contributed by atoms with Gasteiger partial charge in [-0.1, -0.05) is 48.0 Å². The third-order valence-corrected chi connectivity index (χ3v) is 5.37. The number of methoxy groups -OCH3 is 1. The van der Waals surface area contributed by atoms with Crippen molar-refractivity contribution >= 4 is 23.3 Å². The van der Waals surface area contributed by atoms with Crippen molar-refractivity contribution in [3.63, 3.8) is 0 Å². The summed E-state index contributed by atoms with van der Waals surface area (Å²) < 4.78 is 13.0. The van der Waals surface area contributed by atoms with Gasteiger partial charge in [0.1, 0.15) is 6.61 Å². The number of hydrogen-bond acceptors (Lipinski definition) is 4. The molecule has 6 nitrogen and oxygen atoms in total. The van der Waals surface area contributed by atoms with Crippen LogP contribution in [-0.2, 0) is 13.2 Å². The number of carbonyl (C=O) groups excluding carboxylic acids is 1. The second kappa shape index (κ2) is 10.2. The van der Waals surface area contributed by atoms with E-state index in [0.717, 1.165) is 16.8 Å². The number of benzene rings is 3. The summed E-state index contributed by atoms with van der Waals surface area (Å²) in [7, 11) is 1.60. The predicted molar refractivity (Wildman–Crippen MR) is 129 cm³/mol. The Morgan fingerprint density at radius 1 is 0.970 bits per heavy atom. The summed E-state index contributed by atoms with van der Waals surface area (Å²) in [6, 6.07) is 24.2. The fourth-order valence-electron chi connectivity index (χ4n) is 3.38. The SMILES string of the molecule is COc1ccccc1OCc1cccc(C(=O)Nc2cc(C)n(Cc3ccc(Cl)cc3)n2)c1. The molecule has 0 saturated carbocycles. The molecule has 0 aliphatic heterocycles. The second-order valence-electron chi connectivity index (χ2n) is 7.55. The quantitative estimate of drug-likeness (QED) is 0.363. The van der Waals surface area contributed by atoms with E-state index in [1.54, 1.807) is 13.2 Å². The molecule has 1 amide bonds. The summed E-state index contributed by atoms with van der Waals surface area (Å²) in [5.74, 6) is 1.58. The van der Waals surface area contributed by atoms with Gasteiger partial charge in [0.25, 0.3) is 5.91 Å². The maximum absolute atomic E-state index is 12.8. The molecular weight excluding hydrogens is 438 g/mol. The molecule has 0 unspecified atom stereocenters. The molecule has 33 heavy (non-hydrogen) atoms. The van der Waals surface area contributed by atoms with E-state index >= 15 is 0 Å². The number of hydrogen-bond donors (Lipinski definition) is 1. The maximum atomic E-state index is 12.8. The predicted octanol–water partition coefficient (Wildman–Crippen LogP) is 5.73. The van der Waals surface area contributed by atoms with Crippen molar-refractivity contribution in [2.75, 3.05) is 12.4 Å². The fraction of sp³-hybridized carbons (Fsp3) is 0.154. The lowest BCUT2D eigenvalue weighted by atomic mass is 10.1. The molecule has 0 fully saturated rings. The number of aryl methyl sites for hydroxylation is 1. The number of ether oxygens (including phenoxy) is 2. The number of anilines is 1. The first-order valence-corrected chi connectivity index (χ1v) is 10.8. The summed E-state index contributed by atoms with van der Waals surface area (Å²) in [5.41, 5.74) is 3.42. The standard InChI is InChI=1S/C26H24ClN3O3/c1-18-14-25(29-30(18)16-19-10-12-22(27)13-11-19)28-26(31)21-7-5-6-20(15-21)17-33-24-9-4-3-8-23(24)32-2/h3-15H,16-17H2,1-2H3,(H,28,29,31). The minimum Gasteiger partial charge on any atom is -0.493 e. The molecule has 4 aromatic rings. The van der Waals surface area contributed by atoms with Gasteiger partial charge >= 0.3 is 0 Å². The van der Waals surface area contributed by atoms with E-state index in [4.69, 9.17) is 21.1 Å². The van der Waals surface area contributed by atoms with Crippen LogP contribution in [0.15, 0.2) is 78.9 Å². The lowest BCUT2D eigenvalue weighted by Crippen LogP contribution is -2.13. The number of halogens is 1. The van der Waals surface area contributed by atoms with Gasteiger partial charge in [0.2, 0.25) is 0 Å². The lowest BCUT2D eigenvalue weighted by molar-refractivity contribution is 0.102. The van der Waals surface area contributed by atoms with E-state index in [-0.39, 0.29) is 5.91 Å². The van der Waals surface area contributed by atoms with Gasteiger partial charge in [-0.05, 0) is 54.4 Å². The molecular formula is C26H24ClN3O3. The number of amides is 1. The van der Waals surface area contributed by atoms with E-state index in [9.17, 15) is 4.79 Å². The molecule has 1 aromatic heterocycles. The molecule has 0 radical (unpaired) electrons. The van der Waals surface area contributed by atoms with Crippen LogP contribution in [0, 0.1) is 6.92 Å². The Labute approximate surface area is 197 Å². The molecule has 7 heteroatoms. The van der Waals surface area contributed by atoms with Crippen molar-refractivity contribution in [2.45, 2.75) is 20.1 Å². The third kappa shape index (κ3) is 5.73. The number of para-hydroxylation sites is 2. The normalized spacial score (nSPS) is 10.6. The van der Waals surface area contributed by atoms with E-state index in [2.05, 4.69) is 10.4 Å². The average Bonchev–Trinajstić information content (AvgIpc) is 3.17. The number of carbonyl (C=O) groups is 1. The van der Waals surface area contributed by atoms with Crippen molar-refractivity contribution in [3.8, 4) is 11.5 Å². The average molecular weight is 462 g/mol. The maximum Gasteiger partial charge on any atom is 0.256 e. The zero-order valence-corrected chi connectivity index (χ0v) is 19.2. The Bertz CT molecular complexity index is 1250. The number of nitrogens with zero attached hydrogens (tertiary/aromatic N) is 2. The van der Waals surface area contributed by atoms with Crippen LogP contribution in [0.1, 0.15) is 27.2 Å². The van der Waals surface area contributed by atoms with Crippen LogP contribution in [0.4, 0.5) is 5.82 Å². The van der Waals surface area contributed by atoms with E-state index in [1.165, 1.54) is 0 Å². The van der Waals surface area contributed by atoms with Crippen molar-refractivity contribution in [3.05, 3.63) is 106 Å². The minimum atomic E-state index is -0.231. The first kappa shape index (κ1) is 22.4. The van der Waals surface area contributed by atoms with E-state index in [0.29, 0.717) is 41.1 Å². The summed E-state index contributed by atoms with van der Waals surface area (Å²) in [6.45, 7) is 2.86. The van der Waals surface area contributed by atoms with Crippen molar-refractivity contribution in [1.82, 2.24) is 9.78 Å². The van der Waals surface area contributed by atoms with Crippen LogP contribution in [-0.4, -0.2) is 22.8 Å². The third-order valence-electron chi connectivity index (χ3n) is 5.12. The van der Waals surface area contributed by atoms with E-state index in [1.807, 2.05) is 84.4 Å². The van der Waals surface area contributed by atoms with Crippen molar-refractivity contribution < 1.29 is 14.3 Å². The van der Waals surface area contributed by atoms with Gasteiger partial charge in [-0.25, -0.2) is 0 Å². The zero-order chi connectivity index (χ0) is 23.2. The molecule has 0 spiro atoms. The highest BCUT2D eigenvalue weighted by Crippen LogP contribution is 2.26. The summed E-state index contributed by atoms with van der Waals surface area (Å²) in [6.07, 6.45) is 0. The highest BCUT2D eigenvalue weighted by Gasteiger charge is 2.12. The molecule has 3 aromatic carbocycles. The first-order valence-electron chi connectivity index (χ1n) is 10.5. The van der Waals surface area contributed by atoms with Gasteiger partial charge < -0.3 is 14.8 Å². The zero-order valence-electron chi connectivity index (χ0n) is 18.4. The monoisotopic (exact) mass is 461 g/mol. The van der Waals surface area contributed by atoms with Gasteiger partial charge in [-0.2, -0.15) is 5.10 Å². The Balaban J connectivity index is 1.41. The largest absolute Gasteiger partial charge is 0.493 e. The van der Waals surface area contributed by atoms with Gasteiger partial charge in [-0.15, -0.1) is 0 Å². The number of rotatable bonds is 8. The fourth-order valence-corrected chi connectivity index (χ4v) is 3.51. The summed E-state index contributed by atoms with van der Waals surface area (Å²) >= 11 is 5.96. The Morgan fingerprint density at radius 3 is 2.48 bits per heavy atom. The highest BCUT2D eigenvalue weighted by molar-refractivity contribution is 6.30. The molecule has 1 N–H and O–H groups in total. The summed E-state index contributed by atoms with van der Waals surface area (Å²) in [4.78, 5) is 12.8. The van der Waals surface area contributed by atoms with Crippen LogP contribution < -0.4 is 14.8 Å². The molecule has 0 atom stereocenters. The molecule has 0 aliphatic carbocycles. The summed E-state index contributed by atoms with van der Waals surface area (Å²) in [5, 5.41) is 8.10. The molecule has 0 aliphatic rings. The van der Waals surface area contributed by atoms with Gasteiger partial charge in [0, 0.05) is 22.3 Å². The van der Waals surface area contributed by atoms with Crippen LogP contribution in [0.2, 0.25) is 5.02 Å². The smallest absolute Gasteiger partial charge is 0.256 e. The van der Waals surface area contributed by atoms with Crippen LogP contribution in [0.3, 0.4) is 0 Å². The molecule has 168 valence electrons. The van der Waals surface area contributed by atoms with Crippen molar-refractivity contribution in [2.24, 2.45) is 0 Å². The second-order valence-corrected chi connectivity index (χ2v) is 7.99. The first-order chi connectivity index (χ1) is 16.0. The molecule has 0 bridgehead atoms. The molecule has 1 heterocycles. The van der Waals surface area contributed by atoms with Gasteiger partial charge in [0.15, 0.2) is 17.3 Å².